The minimum absolute atomic E-state index is 0.0207. The van der Waals surface area contributed by atoms with Gasteiger partial charge in [-0.15, -0.1) is 0 Å². The summed E-state index contributed by atoms with van der Waals surface area (Å²) in [7, 11) is -0.970. The molecule has 1 amide bonds. The maximum absolute atomic E-state index is 13.2. The highest BCUT2D eigenvalue weighted by molar-refractivity contribution is 7.89. The van der Waals surface area contributed by atoms with Gasteiger partial charge in [0, 0.05) is 43.2 Å². The maximum atomic E-state index is 13.2. The predicted octanol–water partition coefficient (Wildman–Crippen LogP) is 3.53. The molecular formula is C23H19ClN4O4S. The monoisotopic (exact) mass is 482 g/mol. The van der Waals surface area contributed by atoms with Crippen LogP contribution >= 0.6 is 11.6 Å². The summed E-state index contributed by atoms with van der Waals surface area (Å²) < 4.78 is 33.5. The van der Waals surface area contributed by atoms with Crippen LogP contribution in [0.5, 0.6) is 5.75 Å². The Balaban J connectivity index is 2.12. The lowest BCUT2D eigenvalue weighted by Crippen LogP contribution is -2.30. The fraction of sp³-hybridized carbons (Fsp3) is 0.174. The molecule has 168 valence electrons. The van der Waals surface area contributed by atoms with Gasteiger partial charge in [-0.1, -0.05) is 23.7 Å². The molecule has 0 saturated carbocycles. The Morgan fingerprint density at radius 1 is 1.24 bits per heavy atom. The Bertz CT molecular complexity index is 1460. The molecule has 8 nitrogen and oxygen atoms in total. The van der Waals surface area contributed by atoms with Crippen LogP contribution in [-0.2, 0) is 14.8 Å². The first-order valence-electron chi connectivity index (χ1n) is 9.84. The molecule has 0 saturated heterocycles. The number of hydrogen-bond acceptors (Lipinski definition) is 6. The standard InChI is InChI=1S/C23H19ClN4O4S/c1-13(29)27-23-18(12-25)20(14-6-8-15(24)9-7-14)17-11-19(33(30,31)28(2)3)16-5-4-10-26-21(16)22(17)32-23/h4-11,20H,1-3H3,(H,27,29). The van der Waals surface area contributed by atoms with Crippen molar-refractivity contribution in [2.24, 2.45) is 0 Å². The van der Waals surface area contributed by atoms with Gasteiger partial charge < -0.3 is 4.74 Å². The van der Waals surface area contributed by atoms with Crippen LogP contribution in [0.4, 0.5) is 0 Å². The number of ether oxygens (including phenoxy) is 1. The van der Waals surface area contributed by atoms with E-state index in [1.54, 1.807) is 36.4 Å². The number of nitrogens with zero attached hydrogens (tertiary/aromatic N) is 3. The van der Waals surface area contributed by atoms with E-state index in [1.807, 2.05) is 0 Å². The highest BCUT2D eigenvalue weighted by Crippen LogP contribution is 2.47. The number of carbonyl (C=O) groups is 1. The van der Waals surface area contributed by atoms with Crippen LogP contribution in [0, 0.1) is 11.3 Å². The molecule has 0 fully saturated rings. The van der Waals surface area contributed by atoms with Gasteiger partial charge in [0.05, 0.1) is 10.8 Å². The van der Waals surface area contributed by atoms with E-state index in [4.69, 9.17) is 16.3 Å². The van der Waals surface area contributed by atoms with Crippen molar-refractivity contribution in [3.05, 3.63) is 76.3 Å². The molecule has 1 aliphatic heterocycles. The molecule has 0 radical (unpaired) electrons. The second-order valence-corrected chi connectivity index (χ2v) is 10.2. The fourth-order valence-electron chi connectivity index (χ4n) is 3.75. The van der Waals surface area contributed by atoms with E-state index in [-0.39, 0.29) is 22.1 Å². The number of benzene rings is 2. The smallest absolute Gasteiger partial charge is 0.243 e. The predicted molar refractivity (Wildman–Crippen MR) is 123 cm³/mol. The minimum atomic E-state index is -3.86. The Hall–Kier alpha value is -3.45. The third-order valence-electron chi connectivity index (χ3n) is 5.26. The Morgan fingerprint density at radius 3 is 2.55 bits per heavy atom. The molecule has 0 spiro atoms. The minimum Gasteiger partial charge on any atom is -0.437 e. The summed E-state index contributed by atoms with van der Waals surface area (Å²) in [4.78, 5) is 16.3. The average Bonchev–Trinajstić information content (AvgIpc) is 2.78. The zero-order valence-corrected chi connectivity index (χ0v) is 19.5. The number of sulfonamides is 1. The maximum Gasteiger partial charge on any atom is 0.243 e. The summed E-state index contributed by atoms with van der Waals surface area (Å²) in [6.45, 7) is 1.31. The van der Waals surface area contributed by atoms with Crippen LogP contribution in [0.1, 0.15) is 24.0 Å². The molecule has 1 unspecified atom stereocenters. The average molecular weight is 483 g/mol. The number of halogens is 1. The van der Waals surface area contributed by atoms with Crippen molar-refractivity contribution in [1.82, 2.24) is 14.6 Å². The Labute approximate surface area is 196 Å². The fourth-order valence-corrected chi connectivity index (χ4v) is 4.99. The third-order valence-corrected chi connectivity index (χ3v) is 7.36. The van der Waals surface area contributed by atoms with Crippen LogP contribution in [-0.4, -0.2) is 37.7 Å². The van der Waals surface area contributed by atoms with Crippen molar-refractivity contribution >= 4 is 38.4 Å². The highest BCUT2D eigenvalue weighted by atomic mass is 35.5. The zero-order valence-electron chi connectivity index (χ0n) is 18.0. The molecule has 2 aromatic carbocycles. The summed E-state index contributed by atoms with van der Waals surface area (Å²) in [5.74, 6) is -0.890. The summed E-state index contributed by atoms with van der Waals surface area (Å²) in [6, 6.07) is 13.7. The molecule has 1 atom stereocenters. The van der Waals surface area contributed by atoms with Gasteiger partial charge in [0.2, 0.25) is 21.8 Å². The lowest BCUT2D eigenvalue weighted by molar-refractivity contribution is -0.118. The van der Waals surface area contributed by atoms with Gasteiger partial charge >= 0.3 is 0 Å². The number of rotatable bonds is 4. The first-order valence-corrected chi connectivity index (χ1v) is 11.7. The number of fused-ring (bicyclic) bond motifs is 3. The van der Waals surface area contributed by atoms with Crippen molar-refractivity contribution in [2.45, 2.75) is 17.7 Å². The van der Waals surface area contributed by atoms with Gasteiger partial charge in [-0.2, -0.15) is 5.26 Å². The Kier molecular flexibility index (Phi) is 5.84. The molecule has 3 aromatic rings. The van der Waals surface area contributed by atoms with E-state index >= 15 is 0 Å². The van der Waals surface area contributed by atoms with Gasteiger partial charge in [-0.05, 0) is 35.9 Å². The third kappa shape index (κ3) is 3.93. The highest BCUT2D eigenvalue weighted by Gasteiger charge is 2.36. The van der Waals surface area contributed by atoms with E-state index < -0.39 is 21.8 Å². The van der Waals surface area contributed by atoms with Crippen LogP contribution in [0.25, 0.3) is 10.9 Å². The Morgan fingerprint density at radius 2 is 1.94 bits per heavy atom. The second kappa shape index (κ2) is 8.48. The van der Waals surface area contributed by atoms with Gasteiger partial charge in [0.1, 0.15) is 17.2 Å². The molecule has 1 aliphatic rings. The van der Waals surface area contributed by atoms with Crippen molar-refractivity contribution in [1.29, 1.82) is 5.26 Å². The zero-order chi connectivity index (χ0) is 23.9. The van der Waals surface area contributed by atoms with Gasteiger partial charge in [0.25, 0.3) is 0 Å². The lowest BCUT2D eigenvalue weighted by Gasteiger charge is -2.29. The SMILES string of the molecule is CC(=O)NC1=C(C#N)C(c2ccc(Cl)cc2)c2cc(S(=O)(=O)N(C)C)c3cccnc3c2O1. The molecule has 1 N–H and O–H groups in total. The molecule has 4 rings (SSSR count). The first kappa shape index (κ1) is 22.7. The molecule has 1 aromatic heterocycles. The van der Waals surface area contributed by atoms with E-state index in [9.17, 15) is 18.5 Å². The summed E-state index contributed by atoms with van der Waals surface area (Å²) in [5, 5.41) is 13.5. The quantitative estimate of drug-likeness (QED) is 0.608. The molecule has 10 heteroatoms. The van der Waals surface area contributed by atoms with Gasteiger partial charge in [-0.3, -0.25) is 15.1 Å². The topological polar surface area (TPSA) is 112 Å². The molecule has 0 bridgehead atoms. The number of nitrogens with one attached hydrogen (secondary N) is 1. The van der Waals surface area contributed by atoms with Crippen molar-refractivity contribution < 1.29 is 17.9 Å². The summed E-state index contributed by atoms with van der Waals surface area (Å²) in [5.41, 5.74) is 1.54. The van der Waals surface area contributed by atoms with Crippen molar-refractivity contribution in [3.8, 4) is 11.8 Å². The van der Waals surface area contributed by atoms with E-state index in [2.05, 4.69) is 16.4 Å². The van der Waals surface area contributed by atoms with E-state index in [0.29, 0.717) is 27.1 Å². The van der Waals surface area contributed by atoms with Crippen LogP contribution in [0.3, 0.4) is 0 Å². The number of amides is 1. The molecule has 0 aliphatic carbocycles. The van der Waals surface area contributed by atoms with Crippen LogP contribution in [0.15, 0.2) is 65.0 Å². The summed E-state index contributed by atoms with van der Waals surface area (Å²) >= 11 is 6.06. The number of carbonyl (C=O) groups excluding carboxylic acids is 1. The molecular weight excluding hydrogens is 464 g/mol. The molecule has 2 heterocycles. The van der Waals surface area contributed by atoms with Crippen LogP contribution < -0.4 is 10.1 Å². The van der Waals surface area contributed by atoms with Gasteiger partial charge in [-0.25, -0.2) is 12.7 Å². The number of allylic oxidation sites excluding steroid dienone is 1. The van der Waals surface area contributed by atoms with Gasteiger partial charge in [0.15, 0.2) is 5.75 Å². The molecule has 33 heavy (non-hydrogen) atoms. The number of aromatic nitrogens is 1. The lowest BCUT2D eigenvalue weighted by atomic mass is 9.83. The number of pyridine rings is 1. The van der Waals surface area contributed by atoms with Crippen molar-refractivity contribution in [3.63, 3.8) is 0 Å². The first-order chi connectivity index (χ1) is 15.6. The van der Waals surface area contributed by atoms with E-state index in [1.165, 1.54) is 33.3 Å². The second-order valence-electron chi connectivity index (χ2n) is 7.60. The number of hydrogen-bond donors (Lipinski definition) is 1. The van der Waals surface area contributed by atoms with E-state index in [0.717, 1.165) is 4.31 Å². The largest absolute Gasteiger partial charge is 0.437 e. The van der Waals surface area contributed by atoms with Crippen LogP contribution in [0.2, 0.25) is 5.02 Å². The summed E-state index contributed by atoms with van der Waals surface area (Å²) in [6.07, 6.45) is 1.52. The normalized spacial score (nSPS) is 15.7. The van der Waals surface area contributed by atoms with Crippen molar-refractivity contribution in [2.75, 3.05) is 14.1 Å². The number of nitriles is 1.